The zero-order chi connectivity index (χ0) is 17.4. The summed E-state index contributed by atoms with van der Waals surface area (Å²) in [6, 6.07) is 15.6. The van der Waals surface area contributed by atoms with Gasteiger partial charge in [-0.3, -0.25) is 4.79 Å². The number of hydrogen-bond acceptors (Lipinski definition) is 4. The van der Waals surface area contributed by atoms with Gasteiger partial charge in [0.25, 0.3) is 5.91 Å². The number of nitrogens with one attached hydrogen (secondary N) is 1. The highest BCUT2D eigenvalue weighted by molar-refractivity contribution is 14.1. The lowest BCUT2D eigenvalue weighted by Crippen LogP contribution is -2.16. The van der Waals surface area contributed by atoms with Crippen LogP contribution in [0.25, 0.3) is 0 Å². The summed E-state index contributed by atoms with van der Waals surface area (Å²) in [6.45, 7) is 0.504. The Balaban J connectivity index is 2.04. The minimum Gasteiger partial charge on any atom is -0.487 e. The van der Waals surface area contributed by atoms with Gasteiger partial charge in [-0.25, -0.2) is 5.43 Å². The molecule has 0 bridgehead atoms. The van der Waals surface area contributed by atoms with E-state index in [-0.39, 0.29) is 6.42 Å². The topological polar surface area (TPSA) is 74.5 Å². The fourth-order valence-corrected chi connectivity index (χ4v) is 3.94. The van der Waals surface area contributed by atoms with Crippen molar-refractivity contribution in [3.8, 4) is 11.8 Å². The largest absolute Gasteiger partial charge is 0.487 e. The number of hydrogen-bond donors (Lipinski definition) is 1. The average Bonchev–Trinajstić information content (AvgIpc) is 2.55. The minimum absolute atomic E-state index is 0.210. The van der Waals surface area contributed by atoms with Crippen molar-refractivity contribution in [2.24, 2.45) is 5.10 Å². The summed E-state index contributed by atoms with van der Waals surface area (Å²) in [6.07, 6.45) is 1.33. The van der Waals surface area contributed by atoms with E-state index in [1.807, 2.05) is 42.5 Å². The van der Waals surface area contributed by atoms with E-state index in [1.165, 1.54) is 0 Å². The molecule has 2 aromatic carbocycles. The predicted octanol–water partition coefficient (Wildman–Crippen LogP) is 3.84. The molecular formula is C17H13I2N3O2. The molecule has 0 radical (unpaired) electrons. The first-order valence-electron chi connectivity index (χ1n) is 6.95. The van der Waals surface area contributed by atoms with E-state index in [0.29, 0.717) is 6.61 Å². The van der Waals surface area contributed by atoms with Crippen LogP contribution in [0.3, 0.4) is 0 Å². The van der Waals surface area contributed by atoms with Gasteiger partial charge in [-0.15, -0.1) is 0 Å². The zero-order valence-corrected chi connectivity index (χ0v) is 16.8. The Kier molecular flexibility index (Phi) is 7.45. The molecule has 0 spiro atoms. The van der Waals surface area contributed by atoms with Crippen LogP contribution in [0.1, 0.15) is 17.5 Å². The quantitative estimate of drug-likeness (QED) is 0.341. The number of amides is 1. The first-order chi connectivity index (χ1) is 11.6. The monoisotopic (exact) mass is 545 g/mol. The van der Waals surface area contributed by atoms with Crippen molar-refractivity contribution in [3.63, 3.8) is 0 Å². The Morgan fingerprint density at radius 3 is 2.54 bits per heavy atom. The maximum atomic E-state index is 11.2. The molecule has 0 aliphatic carbocycles. The molecule has 5 nitrogen and oxygen atoms in total. The maximum absolute atomic E-state index is 11.2. The van der Waals surface area contributed by atoms with Gasteiger partial charge in [0.2, 0.25) is 0 Å². The van der Waals surface area contributed by atoms with Crippen LogP contribution in [-0.2, 0) is 11.4 Å². The number of benzene rings is 2. The molecule has 1 amide bonds. The average molecular weight is 545 g/mol. The highest BCUT2D eigenvalue weighted by Crippen LogP contribution is 2.29. The maximum Gasteiger partial charge on any atom is 0.254 e. The SMILES string of the molecule is N#CCC(=O)N/N=C\c1cc(I)c(OCc2ccccc2)c(I)c1. The highest BCUT2D eigenvalue weighted by Gasteiger charge is 2.09. The summed E-state index contributed by atoms with van der Waals surface area (Å²) in [5, 5.41) is 12.3. The van der Waals surface area contributed by atoms with E-state index < -0.39 is 5.91 Å². The molecule has 24 heavy (non-hydrogen) atoms. The van der Waals surface area contributed by atoms with Crippen molar-refractivity contribution >= 4 is 57.3 Å². The number of carbonyl (C=O) groups is 1. The van der Waals surface area contributed by atoms with Crippen LogP contribution in [0.4, 0.5) is 0 Å². The number of carbonyl (C=O) groups excluding carboxylic acids is 1. The molecule has 0 fully saturated rings. The van der Waals surface area contributed by atoms with Crippen LogP contribution in [-0.4, -0.2) is 12.1 Å². The standard InChI is InChI=1S/C17H13I2N3O2/c18-14-8-13(10-21-22-16(23)6-7-20)9-15(19)17(14)24-11-12-4-2-1-3-5-12/h1-5,8-10H,6,11H2,(H,22,23)/b21-10-. The van der Waals surface area contributed by atoms with E-state index in [0.717, 1.165) is 24.0 Å². The van der Waals surface area contributed by atoms with Crippen molar-refractivity contribution in [2.45, 2.75) is 13.0 Å². The molecule has 0 heterocycles. The predicted molar refractivity (Wildman–Crippen MR) is 109 cm³/mol. The van der Waals surface area contributed by atoms with Gasteiger partial charge in [0, 0.05) is 0 Å². The Labute approximate surface area is 167 Å². The third-order valence-corrected chi connectivity index (χ3v) is 4.49. The normalized spacial score (nSPS) is 10.4. The van der Waals surface area contributed by atoms with Crippen molar-refractivity contribution in [1.82, 2.24) is 5.43 Å². The molecular weight excluding hydrogens is 532 g/mol. The summed E-state index contributed by atoms with van der Waals surface area (Å²) in [7, 11) is 0. The van der Waals surface area contributed by atoms with E-state index in [1.54, 1.807) is 12.3 Å². The van der Waals surface area contributed by atoms with Crippen LogP contribution in [0.5, 0.6) is 5.75 Å². The first kappa shape index (κ1) is 18.7. The molecule has 0 aliphatic heterocycles. The second kappa shape index (κ2) is 9.58. The highest BCUT2D eigenvalue weighted by atomic mass is 127. The third kappa shape index (κ3) is 5.76. The number of ether oxygens (including phenoxy) is 1. The minimum atomic E-state index is -0.430. The third-order valence-electron chi connectivity index (χ3n) is 2.89. The molecule has 0 saturated heterocycles. The molecule has 2 aromatic rings. The molecule has 0 aromatic heterocycles. The molecule has 0 unspecified atom stereocenters. The fraction of sp³-hybridized carbons (Fsp3) is 0.118. The lowest BCUT2D eigenvalue weighted by molar-refractivity contribution is -0.120. The zero-order valence-electron chi connectivity index (χ0n) is 12.5. The van der Waals surface area contributed by atoms with Gasteiger partial charge in [-0.1, -0.05) is 30.3 Å². The molecule has 0 aliphatic rings. The van der Waals surface area contributed by atoms with Crippen molar-refractivity contribution in [1.29, 1.82) is 5.26 Å². The van der Waals surface area contributed by atoms with Crippen molar-refractivity contribution in [2.75, 3.05) is 0 Å². The summed E-state index contributed by atoms with van der Waals surface area (Å²) in [4.78, 5) is 11.2. The smallest absolute Gasteiger partial charge is 0.254 e. The molecule has 0 saturated carbocycles. The number of hydrazone groups is 1. The van der Waals surface area contributed by atoms with Gasteiger partial charge in [-0.05, 0) is 68.4 Å². The summed E-state index contributed by atoms with van der Waals surface area (Å²) >= 11 is 4.42. The number of halogens is 2. The van der Waals surface area contributed by atoms with Crippen LogP contribution in [0.15, 0.2) is 47.6 Å². The Morgan fingerprint density at radius 1 is 1.25 bits per heavy atom. The van der Waals surface area contributed by atoms with Gasteiger partial charge >= 0.3 is 0 Å². The van der Waals surface area contributed by atoms with E-state index in [9.17, 15) is 4.79 Å². The molecule has 7 heteroatoms. The van der Waals surface area contributed by atoms with E-state index in [4.69, 9.17) is 10.00 Å². The Morgan fingerprint density at radius 2 is 1.92 bits per heavy atom. The first-order valence-corrected chi connectivity index (χ1v) is 9.10. The van der Waals surface area contributed by atoms with Crippen molar-refractivity contribution in [3.05, 3.63) is 60.7 Å². The van der Waals surface area contributed by atoms with Gasteiger partial charge in [-0.2, -0.15) is 10.4 Å². The van der Waals surface area contributed by atoms with Crippen LogP contribution in [0, 0.1) is 18.5 Å². The lowest BCUT2D eigenvalue weighted by atomic mass is 10.2. The van der Waals surface area contributed by atoms with Gasteiger partial charge in [0.1, 0.15) is 18.8 Å². The number of rotatable bonds is 6. The fourth-order valence-electron chi connectivity index (χ4n) is 1.81. The second-order valence-electron chi connectivity index (χ2n) is 4.72. The number of nitriles is 1. The Bertz CT molecular complexity index is 763. The van der Waals surface area contributed by atoms with Crippen molar-refractivity contribution < 1.29 is 9.53 Å². The summed E-state index contributed by atoms with van der Waals surface area (Å²) < 4.78 is 7.84. The summed E-state index contributed by atoms with van der Waals surface area (Å²) in [5.74, 6) is 0.395. The Hall–Kier alpha value is -1.67. The molecule has 1 N–H and O–H groups in total. The van der Waals surface area contributed by atoms with E-state index >= 15 is 0 Å². The van der Waals surface area contributed by atoms with E-state index in [2.05, 4.69) is 55.7 Å². The lowest BCUT2D eigenvalue weighted by Gasteiger charge is -2.11. The molecule has 2 rings (SSSR count). The molecule has 0 atom stereocenters. The van der Waals surface area contributed by atoms with Crippen LogP contribution >= 0.6 is 45.2 Å². The van der Waals surface area contributed by atoms with Gasteiger partial charge in [0.15, 0.2) is 0 Å². The second-order valence-corrected chi connectivity index (χ2v) is 7.04. The molecule has 122 valence electrons. The van der Waals surface area contributed by atoms with Gasteiger partial charge < -0.3 is 4.74 Å². The van der Waals surface area contributed by atoms with Crippen LogP contribution in [0.2, 0.25) is 0 Å². The summed E-state index contributed by atoms with van der Waals surface area (Å²) in [5.41, 5.74) is 4.25. The van der Waals surface area contributed by atoms with Crippen LogP contribution < -0.4 is 10.2 Å². The number of nitrogens with zero attached hydrogens (tertiary/aromatic N) is 2. The van der Waals surface area contributed by atoms with Gasteiger partial charge in [0.05, 0.1) is 19.4 Å².